The van der Waals surface area contributed by atoms with E-state index < -0.39 is 6.08 Å². The van der Waals surface area contributed by atoms with Gasteiger partial charge in [0, 0.05) is 0 Å². The van der Waals surface area contributed by atoms with Crippen molar-refractivity contribution in [2.24, 2.45) is 0 Å². The molecule has 0 aliphatic carbocycles. The van der Waals surface area contributed by atoms with E-state index in [1.54, 1.807) is 0 Å². The molecule has 62 valence electrons. The molecule has 5 heteroatoms. The molecule has 0 aliphatic heterocycles. The van der Waals surface area contributed by atoms with Crippen LogP contribution in [0.3, 0.4) is 0 Å². The Labute approximate surface area is 72.1 Å². The summed E-state index contributed by atoms with van der Waals surface area (Å²) in [5.74, 6) is 0.218. The van der Waals surface area contributed by atoms with E-state index in [2.05, 4.69) is 9.97 Å². The molecule has 2 aromatic rings. The van der Waals surface area contributed by atoms with E-state index in [9.17, 15) is 4.39 Å². The van der Waals surface area contributed by atoms with Crippen LogP contribution in [0.4, 0.5) is 10.2 Å². The lowest BCUT2D eigenvalue weighted by molar-refractivity contribution is 0.546. The van der Waals surface area contributed by atoms with Crippen molar-refractivity contribution in [3.63, 3.8) is 0 Å². The molecule has 0 saturated carbocycles. The SMILES string of the molecule is Cc1csc2c(N)nc(F)nc12. The predicted octanol–water partition coefficient (Wildman–Crippen LogP) is 1.72. The van der Waals surface area contributed by atoms with Gasteiger partial charge in [0.05, 0.1) is 10.2 Å². The lowest BCUT2D eigenvalue weighted by atomic mass is 10.3. The molecular formula is C7H6FN3S. The molecule has 3 nitrogen and oxygen atoms in total. The lowest BCUT2D eigenvalue weighted by Crippen LogP contribution is -1.96. The number of aryl methyl sites for hydroxylation is 1. The molecule has 0 amide bonds. The van der Waals surface area contributed by atoms with Gasteiger partial charge in [-0.25, -0.2) is 4.98 Å². The Bertz CT molecular complexity index is 437. The standard InChI is InChI=1S/C7H6FN3S/c1-3-2-12-5-4(3)10-7(8)11-6(5)9/h2H,1H3,(H2,9,10,11). The summed E-state index contributed by atoms with van der Waals surface area (Å²) in [5.41, 5.74) is 7.04. The van der Waals surface area contributed by atoms with Gasteiger partial charge in [-0.1, -0.05) is 0 Å². The van der Waals surface area contributed by atoms with Gasteiger partial charge in [0.15, 0.2) is 0 Å². The first-order valence-corrected chi connectivity index (χ1v) is 4.23. The molecule has 0 aromatic carbocycles. The maximum atomic E-state index is 12.7. The van der Waals surface area contributed by atoms with E-state index >= 15 is 0 Å². The second-order valence-electron chi connectivity index (χ2n) is 2.47. The van der Waals surface area contributed by atoms with Crippen LogP contribution in [0.5, 0.6) is 0 Å². The monoisotopic (exact) mass is 183 g/mol. The average Bonchev–Trinajstić information content (AvgIpc) is 2.33. The highest BCUT2D eigenvalue weighted by molar-refractivity contribution is 7.17. The van der Waals surface area contributed by atoms with E-state index in [-0.39, 0.29) is 5.82 Å². The van der Waals surface area contributed by atoms with Gasteiger partial charge < -0.3 is 5.73 Å². The Hall–Kier alpha value is -1.23. The maximum absolute atomic E-state index is 12.7. The van der Waals surface area contributed by atoms with E-state index in [0.717, 1.165) is 10.3 Å². The van der Waals surface area contributed by atoms with E-state index in [1.807, 2.05) is 12.3 Å². The fourth-order valence-corrected chi connectivity index (χ4v) is 1.92. The van der Waals surface area contributed by atoms with Gasteiger partial charge in [-0.05, 0) is 17.9 Å². The highest BCUT2D eigenvalue weighted by Crippen LogP contribution is 2.26. The van der Waals surface area contributed by atoms with Crippen LogP contribution >= 0.6 is 11.3 Å². The number of nitrogen functional groups attached to an aromatic ring is 1. The summed E-state index contributed by atoms with van der Waals surface area (Å²) in [5, 5.41) is 1.88. The number of hydrogen-bond donors (Lipinski definition) is 1. The van der Waals surface area contributed by atoms with Crippen molar-refractivity contribution in [2.75, 3.05) is 5.73 Å². The molecule has 0 saturated heterocycles. The lowest BCUT2D eigenvalue weighted by Gasteiger charge is -1.94. The molecule has 0 radical (unpaired) electrons. The summed E-state index contributed by atoms with van der Waals surface area (Å²) in [6.07, 6.45) is -0.762. The minimum atomic E-state index is -0.762. The zero-order valence-corrected chi connectivity index (χ0v) is 7.15. The number of halogens is 1. The Kier molecular flexibility index (Phi) is 1.47. The maximum Gasteiger partial charge on any atom is 0.311 e. The first-order valence-electron chi connectivity index (χ1n) is 3.35. The summed E-state index contributed by atoms with van der Waals surface area (Å²) < 4.78 is 13.4. The molecule has 12 heavy (non-hydrogen) atoms. The molecule has 0 atom stereocenters. The van der Waals surface area contributed by atoms with Crippen LogP contribution in [0.25, 0.3) is 10.2 Å². The molecule has 0 aliphatic rings. The minimum Gasteiger partial charge on any atom is -0.382 e. The molecule has 0 bridgehead atoms. The van der Waals surface area contributed by atoms with Gasteiger partial charge in [0.25, 0.3) is 0 Å². The van der Waals surface area contributed by atoms with Gasteiger partial charge in [0.1, 0.15) is 5.82 Å². The number of nitrogens with zero attached hydrogens (tertiary/aromatic N) is 2. The number of anilines is 1. The zero-order chi connectivity index (χ0) is 8.72. The van der Waals surface area contributed by atoms with Gasteiger partial charge in [-0.15, -0.1) is 11.3 Å². The van der Waals surface area contributed by atoms with Crippen molar-refractivity contribution in [3.05, 3.63) is 17.0 Å². The Morgan fingerprint density at radius 3 is 3.00 bits per heavy atom. The molecule has 2 aromatic heterocycles. The summed E-state index contributed by atoms with van der Waals surface area (Å²) in [7, 11) is 0. The molecule has 0 fully saturated rings. The predicted molar refractivity (Wildman–Crippen MR) is 46.5 cm³/mol. The summed E-state index contributed by atoms with van der Waals surface area (Å²) in [6, 6.07) is 0. The first kappa shape index (κ1) is 7.42. The third-order valence-corrected chi connectivity index (χ3v) is 2.70. The van der Waals surface area contributed by atoms with Crippen molar-refractivity contribution in [3.8, 4) is 0 Å². The summed E-state index contributed by atoms with van der Waals surface area (Å²) in [4.78, 5) is 7.07. The van der Waals surface area contributed by atoms with E-state index in [4.69, 9.17) is 5.73 Å². The smallest absolute Gasteiger partial charge is 0.311 e. The van der Waals surface area contributed by atoms with E-state index in [0.29, 0.717) is 5.52 Å². The quantitative estimate of drug-likeness (QED) is 0.633. The summed E-state index contributed by atoms with van der Waals surface area (Å²) in [6.45, 7) is 1.87. The van der Waals surface area contributed by atoms with Gasteiger partial charge in [0.2, 0.25) is 0 Å². The van der Waals surface area contributed by atoms with Crippen molar-refractivity contribution < 1.29 is 4.39 Å². The van der Waals surface area contributed by atoms with E-state index in [1.165, 1.54) is 11.3 Å². The Morgan fingerprint density at radius 2 is 2.25 bits per heavy atom. The normalized spacial score (nSPS) is 10.8. The highest BCUT2D eigenvalue weighted by Gasteiger charge is 2.08. The van der Waals surface area contributed by atoms with Crippen LogP contribution in [0.2, 0.25) is 0 Å². The van der Waals surface area contributed by atoms with Crippen LogP contribution in [-0.4, -0.2) is 9.97 Å². The number of hydrogen-bond acceptors (Lipinski definition) is 4. The van der Waals surface area contributed by atoms with Crippen LogP contribution in [0.1, 0.15) is 5.56 Å². The third kappa shape index (κ3) is 0.937. The highest BCUT2D eigenvalue weighted by atomic mass is 32.1. The topological polar surface area (TPSA) is 51.8 Å². The fourth-order valence-electron chi connectivity index (χ4n) is 1.03. The number of aromatic nitrogens is 2. The zero-order valence-electron chi connectivity index (χ0n) is 6.34. The fraction of sp³-hybridized carbons (Fsp3) is 0.143. The molecule has 2 N–H and O–H groups in total. The number of nitrogens with two attached hydrogens (primary N) is 1. The van der Waals surface area contributed by atoms with Crippen LogP contribution in [0, 0.1) is 13.0 Å². The molecule has 2 rings (SSSR count). The third-order valence-electron chi connectivity index (χ3n) is 1.59. The number of thiophene rings is 1. The Morgan fingerprint density at radius 1 is 1.50 bits per heavy atom. The molecule has 0 spiro atoms. The van der Waals surface area contributed by atoms with Crippen molar-refractivity contribution >= 4 is 27.4 Å². The largest absolute Gasteiger partial charge is 0.382 e. The molecule has 0 unspecified atom stereocenters. The van der Waals surface area contributed by atoms with Gasteiger partial charge in [-0.3, -0.25) is 0 Å². The number of fused-ring (bicyclic) bond motifs is 1. The minimum absolute atomic E-state index is 0.218. The average molecular weight is 183 g/mol. The summed E-state index contributed by atoms with van der Waals surface area (Å²) >= 11 is 1.43. The van der Waals surface area contributed by atoms with Crippen molar-refractivity contribution in [1.82, 2.24) is 9.97 Å². The van der Waals surface area contributed by atoms with Crippen LogP contribution in [-0.2, 0) is 0 Å². The second kappa shape index (κ2) is 2.38. The van der Waals surface area contributed by atoms with Crippen LogP contribution < -0.4 is 5.73 Å². The van der Waals surface area contributed by atoms with Gasteiger partial charge in [-0.2, -0.15) is 9.37 Å². The first-order chi connectivity index (χ1) is 5.68. The molecule has 2 heterocycles. The van der Waals surface area contributed by atoms with Crippen molar-refractivity contribution in [2.45, 2.75) is 6.92 Å². The van der Waals surface area contributed by atoms with Gasteiger partial charge >= 0.3 is 6.08 Å². The number of rotatable bonds is 0. The van der Waals surface area contributed by atoms with Crippen molar-refractivity contribution in [1.29, 1.82) is 0 Å². The van der Waals surface area contributed by atoms with Crippen LogP contribution in [0.15, 0.2) is 5.38 Å². The molecular weight excluding hydrogens is 177 g/mol. The second-order valence-corrected chi connectivity index (χ2v) is 3.35. The Balaban J connectivity index is 2.92.